The topological polar surface area (TPSA) is 52.3 Å². The molecule has 0 aliphatic carbocycles. The van der Waals surface area contributed by atoms with Crippen LogP contribution >= 0.6 is 11.3 Å². The van der Waals surface area contributed by atoms with Crippen molar-refractivity contribution >= 4 is 17.3 Å². The van der Waals surface area contributed by atoms with Gasteiger partial charge in [-0.3, -0.25) is 4.79 Å². The van der Waals surface area contributed by atoms with Crippen molar-refractivity contribution in [3.63, 3.8) is 0 Å². The van der Waals surface area contributed by atoms with E-state index in [-0.39, 0.29) is 5.97 Å². The Morgan fingerprint density at radius 2 is 2.06 bits per heavy atom. The quantitative estimate of drug-likeness (QED) is 0.841. The number of carbonyl (C=O) groups is 1. The Bertz CT molecular complexity index is 406. The number of hydrogen-bond donors (Lipinski definition) is 1. The van der Waals surface area contributed by atoms with E-state index in [9.17, 15) is 4.79 Å². The van der Waals surface area contributed by atoms with Gasteiger partial charge >= 0.3 is 5.97 Å². The van der Waals surface area contributed by atoms with Gasteiger partial charge in [0.15, 0.2) is 0 Å². The lowest BCUT2D eigenvalue weighted by molar-refractivity contribution is -0.142. The lowest BCUT2D eigenvalue weighted by atomic mass is 9.69. The van der Waals surface area contributed by atoms with Gasteiger partial charge in [0.1, 0.15) is 0 Å². The van der Waals surface area contributed by atoms with Gasteiger partial charge in [-0.2, -0.15) is 0 Å². The Kier molecular flexibility index (Phi) is 3.99. The van der Waals surface area contributed by atoms with E-state index in [1.165, 1.54) is 12.7 Å². The molecule has 1 rings (SSSR count). The lowest BCUT2D eigenvalue weighted by Crippen LogP contribution is -2.53. The molecule has 17 heavy (non-hydrogen) atoms. The molecule has 0 amide bonds. The fourth-order valence-electron chi connectivity index (χ4n) is 1.90. The Morgan fingerprint density at radius 3 is 2.41 bits per heavy atom. The van der Waals surface area contributed by atoms with Crippen molar-refractivity contribution in [3.05, 3.63) is 21.9 Å². The van der Waals surface area contributed by atoms with Crippen LogP contribution < -0.4 is 5.73 Å². The van der Waals surface area contributed by atoms with Crippen molar-refractivity contribution in [1.29, 1.82) is 0 Å². The normalized spacial score (nSPS) is 15.4. The van der Waals surface area contributed by atoms with Crippen LogP contribution in [0.1, 0.15) is 37.6 Å². The van der Waals surface area contributed by atoms with E-state index in [0.29, 0.717) is 6.42 Å². The first-order valence-corrected chi connectivity index (χ1v) is 6.50. The molecule has 1 atom stereocenters. The third-order valence-electron chi connectivity index (χ3n) is 3.51. The number of carbonyl (C=O) groups excluding carboxylic acids is 1. The van der Waals surface area contributed by atoms with Crippen molar-refractivity contribution in [2.45, 2.75) is 45.1 Å². The number of thiophene rings is 1. The summed E-state index contributed by atoms with van der Waals surface area (Å²) in [5.74, 6) is -0.223. The average molecular weight is 255 g/mol. The molecule has 1 aromatic heterocycles. The molecule has 0 aromatic carbocycles. The molecule has 0 radical (unpaired) electrons. The molecular weight excluding hydrogens is 234 g/mol. The molecule has 2 N–H and O–H groups in total. The van der Waals surface area contributed by atoms with E-state index >= 15 is 0 Å². The average Bonchev–Trinajstić information content (AvgIpc) is 2.62. The number of rotatable bonds is 4. The van der Waals surface area contributed by atoms with E-state index < -0.39 is 11.0 Å². The van der Waals surface area contributed by atoms with Crippen molar-refractivity contribution in [3.8, 4) is 0 Å². The summed E-state index contributed by atoms with van der Waals surface area (Å²) >= 11 is 1.65. The Hall–Kier alpha value is -0.870. The largest absolute Gasteiger partial charge is 0.469 e. The van der Waals surface area contributed by atoms with Crippen LogP contribution in [0.3, 0.4) is 0 Å². The number of hydrogen-bond acceptors (Lipinski definition) is 4. The third-order valence-corrected chi connectivity index (χ3v) is 4.79. The van der Waals surface area contributed by atoms with Crippen LogP contribution in [0.5, 0.6) is 0 Å². The van der Waals surface area contributed by atoms with Gasteiger partial charge in [-0.25, -0.2) is 0 Å². The molecule has 96 valence electrons. The van der Waals surface area contributed by atoms with Crippen molar-refractivity contribution in [1.82, 2.24) is 0 Å². The molecule has 4 heteroatoms. The van der Waals surface area contributed by atoms with E-state index in [4.69, 9.17) is 10.5 Å². The maximum atomic E-state index is 11.6. The van der Waals surface area contributed by atoms with Crippen LogP contribution in [0.4, 0.5) is 0 Å². The highest BCUT2D eigenvalue weighted by Crippen LogP contribution is 2.41. The number of methoxy groups -OCH3 is 1. The SMILES string of the molecule is COC(=O)CC(C)(c1sccc1C)C(C)(C)N. The van der Waals surface area contributed by atoms with Crippen molar-refractivity contribution < 1.29 is 9.53 Å². The highest BCUT2D eigenvalue weighted by atomic mass is 32.1. The predicted octanol–water partition coefficient (Wildman–Crippen LogP) is 2.61. The highest BCUT2D eigenvalue weighted by molar-refractivity contribution is 7.10. The second-order valence-electron chi connectivity index (χ2n) is 5.24. The molecule has 0 aliphatic heterocycles. The Morgan fingerprint density at radius 1 is 1.47 bits per heavy atom. The maximum absolute atomic E-state index is 11.6. The summed E-state index contributed by atoms with van der Waals surface area (Å²) in [6.45, 7) is 7.99. The number of nitrogens with two attached hydrogens (primary N) is 1. The van der Waals surface area contributed by atoms with Crippen LogP contribution in [0.25, 0.3) is 0 Å². The van der Waals surface area contributed by atoms with Crippen LogP contribution in [0.2, 0.25) is 0 Å². The number of esters is 1. The van der Waals surface area contributed by atoms with E-state index in [2.05, 4.69) is 6.07 Å². The third kappa shape index (κ3) is 2.69. The molecule has 3 nitrogen and oxygen atoms in total. The number of aryl methyl sites for hydroxylation is 1. The zero-order valence-electron chi connectivity index (χ0n) is 11.2. The summed E-state index contributed by atoms with van der Waals surface area (Å²) in [6.07, 6.45) is 0.300. The summed E-state index contributed by atoms with van der Waals surface area (Å²) in [5, 5.41) is 2.03. The van der Waals surface area contributed by atoms with Crippen LogP contribution in [0, 0.1) is 6.92 Å². The first-order chi connectivity index (χ1) is 7.72. The summed E-state index contributed by atoms with van der Waals surface area (Å²) in [7, 11) is 1.41. The van der Waals surface area contributed by atoms with Gasteiger partial charge in [-0.1, -0.05) is 6.92 Å². The molecule has 0 fully saturated rings. The smallest absolute Gasteiger partial charge is 0.306 e. The Balaban J connectivity index is 3.21. The van der Waals surface area contributed by atoms with Gasteiger partial charge in [-0.05, 0) is 37.8 Å². The molecule has 0 spiro atoms. The zero-order chi connectivity index (χ0) is 13.3. The second-order valence-corrected chi connectivity index (χ2v) is 6.16. The molecule has 0 saturated heterocycles. The minimum Gasteiger partial charge on any atom is -0.469 e. The first-order valence-electron chi connectivity index (χ1n) is 5.62. The van der Waals surface area contributed by atoms with Gasteiger partial charge in [0.2, 0.25) is 0 Å². The zero-order valence-corrected chi connectivity index (χ0v) is 12.0. The van der Waals surface area contributed by atoms with Crippen LogP contribution in [0.15, 0.2) is 11.4 Å². The summed E-state index contributed by atoms with van der Waals surface area (Å²) in [4.78, 5) is 12.8. The predicted molar refractivity (Wildman–Crippen MR) is 71.3 cm³/mol. The van der Waals surface area contributed by atoms with Crippen molar-refractivity contribution in [2.24, 2.45) is 5.73 Å². The molecule has 0 saturated carbocycles. The molecule has 1 heterocycles. The summed E-state index contributed by atoms with van der Waals surface area (Å²) < 4.78 is 4.79. The van der Waals surface area contributed by atoms with E-state index in [1.807, 2.05) is 33.1 Å². The van der Waals surface area contributed by atoms with Gasteiger partial charge < -0.3 is 10.5 Å². The lowest BCUT2D eigenvalue weighted by Gasteiger charge is -2.41. The second kappa shape index (κ2) is 4.78. The summed E-state index contributed by atoms with van der Waals surface area (Å²) in [5.41, 5.74) is 6.56. The minimum atomic E-state index is -0.489. The van der Waals surface area contributed by atoms with E-state index in [1.54, 1.807) is 11.3 Å². The van der Waals surface area contributed by atoms with Gasteiger partial charge in [0.25, 0.3) is 0 Å². The van der Waals surface area contributed by atoms with E-state index in [0.717, 1.165) is 4.88 Å². The Labute approximate surface area is 107 Å². The molecule has 0 aliphatic rings. The van der Waals surface area contributed by atoms with Crippen LogP contribution in [-0.2, 0) is 14.9 Å². The van der Waals surface area contributed by atoms with Gasteiger partial charge in [0, 0.05) is 15.8 Å². The monoisotopic (exact) mass is 255 g/mol. The maximum Gasteiger partial charge on any atom is 0.306 e. The van der Waals surface area contributed by atoms with Gasteiger partial charge in [0.05, 0.1) is 13.5 Å². The molecule has 0 bridgehead atoms. The fourth-order valence-corrected chi connectivity index (χ4v) is 3.16. The summed E-state index contributed by atoms with van der Waals surface area (Å²) in [6, 6.07) is 2.06. The standard InChI is InChI=1S/C13H21NO2S/c1-9-6-7-17-11(9)13(4,12(2,3)14)8-10(15)16-5/h6-7H,8,14H2,1-5H3. The molecule has 1 unspecified atom stereocenters. The van der Waals surface area contributed by atoms with Crippen molar-refractivity contribution in [2.75, 3.05) is 7.11 Å². The molecule has 1 aromatic rings. The van der Waals surface area contributed by atoms with Crippen LogP contribution in [-0.4, -0.2) is 18.6 Å². The molecular formula is C13H21NO2S. The minimum absolute atomic E-state index is 0.223. The van der Waals surface area contributed by atoms with Gasteiger partial charge in [-0.15, -0.1) is 11.3 Å². The number of ether oxygens (including phenoxy) is 1. The fraction of sp³-hybridized carbons (Fsp3) is 0.615. The highest BCUT2D eigenvalue weighted by Gasteiger charge is 2.43. The first kappa shape index (κ1) is 14.2.